The van der Waals surface area contributed by atoms with Crippen LogP contribution in [0.1, 0.15) is 23.7 Å². The van der Waals surface area contributed by atoms with Crippen LogP contribution in [0.3, 0.4) is 0 Å². The fourth-order valence-corrected chi connectivity index (χ4v) is 1.89. The number of ether oxygens (including phenoxy) is 1. The zero-order valence-electron chi connectivity index (χ0n) is 10.5. The Morgan fingerprint density at radius 1 is 1.33 bits per heavy atom. The molecule has 0 atom stereocenters. The molecule has 4 nitrogen and oxygen atoms in total. The summed E-state index contributed by atoms with van der Waals surface area (Å²) in [5.41, 5.74) is 0.587. The van der Waals surface area contributed by atoms with Gasteiger partial charge in [-0.25, -0.2) is 0 Å². The van der Waals surface area contributed by atoms with Gasteiger partial charge in [-0.15, -0.1) is 0 Å². The quantitative estimate of drug-likeness (QED) is 0.785. The van der Waals surface area contributed by atoms with Gasteiger partial charge in [0.15, 0.2) is 0 Å². The second kappa shape index (κ2) is 7.16. The van der Waals surface area contributed by atoms with Gasteiger partial charge in [-0.05, 0) is 35.0 Å². The summed E-state index contributed by atoms with van der Waals surface area (Å²) in [6.45, 7) is 2.47. The Bertz CT molecular complexity index is 434. The summed E-state index contributed by atoms with van der Waals surface area (Å²) < 4.78 is 5.56. The predicted octanol–water partition coefficient (Wildman–Crippen LogP) is 2.47. The highest BCUT2D eigenvalue weighted by Gasteiger charge is 2.15. The van der Waals surface area contributed by atoms with Crippen LogP contribution >= 0.6 is 15.9 Å². The lowest BCUT2D eigenvalue weighted by Crippen LogP contribution is -2.29. The molecular weight excluding hydrogens is 298 g/mol. The monoisotopic (exact) mass is 313 g/mol. The number of carbonyl (C=O) groups is 2. The summed E-state index contributed by atoms with van der Waals surface area (Å²) >= 11 is 3.33. The van der Waals surface area contributed by atoms with E-state index in [1.54, 1.807) is 26.1 Å². The van der Waals surface area contributed by atoms with Crippen molar-refractivity contribution >= 4 is 27.8 Å². The minimum atomic E-state index is -0.288. The molecule has 0 aliphatic rings. The van der Waals surface area contributed by atoms with E-state index < -0.39 is 0 Å². The molecular formula is C13H16BrNO3. The Balaban J connectivity index is 2.57. The van der Waals surface area contributed by atoms with E-state index in [4.69, 9.17) is 4.74 Å². The molecule has 0 aliphatic heterocycles. The fraction of sp³-hybridized carbons (Fsp3) is 0.385. The summed E-state index contributed by atoms with van der Waals surface area (Å²) in [4.78, 5) is 24.8. The SMILES string of the molecule is CCOC(=O)CCN(C)C(=O)c1ccccc1Br. The van der Waals surface area contributed by atoms with Crippen LogP contribution in [0.5, 0.6) is 0 Å². The fourth-order valence-electron chi connectivity index (χ4n) is 1.43. The summed E-state index contributed by atoms with van der Waals surface area (Å²) in [5, 5.41) is 0. The molecule has 5 heteroatoms. The standard InChI is InChI=1S/C13H16BrNO3/c1-3-18-12(16)8-9-15(2)13(17)10-6-4-5-7-11(10)14/h4-7H,3,8-9H2,1-2H3. The van der Waals surface area contributed by atoms with E-state index in [2.05, 4.69) is 15.9 Å². The highest BCUT2D eigenvalue weighted by molar-refractivity contribution is 9.10. The predicted molar refractivity (Wildman–Crippen MR) is 72.4 cm³/mol. The van der Waals surface area contributed by atoms with Crippen LogP contribution in [0.4, 0.5) is 0 Å². The minimum absolute atomic E-state index is 0.119. The summed E-state index contributed by atoms with van der Waals surface area (Å²) in [5.74, 6) is -0.406. The maximum Gasteiger partial charge on any atom is 0.307 e. The van der Waals surface area contributed by atoms with Crippen molar-refractivity contribution in [2.45, 2.75) is 13.3 Å². The Kier molecular flexibility index (Phi) is 5.85. The molecule has 0 unspecified atom stereocenters. The average Bonchev–Trinajstić information content (AvgIpc) is 2.36. The number of hydrogen-bond acceptors (Lipinski definition) is 3. The number of hydrogen-bond donors (Lipinski definition) is 0. The lowest BCUT2D eigenvalue weighted by atomic mass is 10.2. The molecule has 0 aliphatic carbocycles. The largest absolute Gasteiger partial charge is 0.466 e. The Hall–Kier alpha value is -1.36. The molecule has 0 saturated heterocycles. The van der Waals surface area contributed by atoms with Gasteiger partial charge in [0.25, 0.3) is 5.91 Å². The lowest BCUT2D eigenvalue weighted by Gasteiger charge is -2.17. The van der Waals surface area contributed by atoms with Crippen molar-refractivity contribution in [3.8, 4) is 0 Å². The van der Waals surface area contributed by atoms with Gasteiger partial charge < -0.3 is 9.64 Å². The molecule has 0 saturated carbocycles. The van der Waals surface area contributed by atoms with Gasteiger partial charge >= 0.3 is 5.97 Å². The number of nitrogens with zero attached hydrogens (tertiary/aromatic N) is 1. The van der Waals surface area contributed by atoms with Crippen LogP contribution in [0.2, 0.25) is 0 Å². The summed E-state index contributed by atoms with van der Waals surface area (Å²) in [6, 6.07) is 7.20. The van der Waals surface area contributed by atoms with Crippen LogP contribution in [0.15, 0.2) is 28.7 Å². The Morgan fingerprint density at radius 2 is 2.00 bits per heavy atom. The van der Waals surface area contributed by atoms with Crippen molar-refractivity contribution in [3.63, 3.8) is 0 Å². The van der Waals surface area contributed by atoms with E-state index in [-0.39, 0.29) is 18.3 Å². The molecule has 1 amide bonds. The number of rotatable bonds is 5. The van der Waals surface area contributed by atoms with Crippen LogP contribution in [0, 0.1) is 0 Å². The highest BCUT2D eigenvalue weighted by atomic mass is 79.9. The topological polar surface area (TPSA) is 46.6 Å². The number of carbonyl (C=O) groups excluding carboxylic acids is 2. The maximum atomic E-state index is 12.1. The molecule has 0 heterocycles. The van der Waals surface area contributed by atoms with Crippen molar-refractivity contribution in [1.29, 1.82) is 0 Å². The molecule has 0 bridgehead atoms. The third kappa shape index (κ3) is 4.14. The van der Waals surface area contributed by atoms with Crippen molar-refractivity contribution in [1.82, 2.24) is 4.90 Å². The van der Waals surface area contributed by atoms with Crippen molar-refractivity contribution in [2.24, 2.45) is 0 Å². The van der Waals surface area contributed by atoms with Gasteiger partial charge in [0.05, 0.1) is 18.6 Å². The first-order chi connectivity index (χ1) is 8.56. The molecule has 98 valence electrons. The maximum absolute atomic E-state index is 12.1. The molecule has 0 N–H and O–H groups in total. The normalized spacial score (nSPS) is 9.94. The van der Waals surface area contributed by atoms with E-state index >= 15 is 0 Å². The van der Waals surface area contributed by atoms with Crippen LogP contribution < -0.4 is 0 Å². The van der Waals surface area contributed by atoms with Crippen LogP contribution in [-0.4, -0.2) is 37.0 Å². The summed E-state index contributed by atoms with van der Waals surface area (Å²) in [6.07, 6.45) is 0.209. The van der Waals surface area contributed by atoms with Gasteiger partial charge in [-0.1, -0.05) is 12.1 Å². The zero-order valence-corrected chi connectivity index (χ0v) is 12.1. The van der Waals surface area contributed by atoms with E-state index in [9.17, 15) is 9.59 Å². The smallest absolute Gasteiger partial charge is 0.307 e. The van der Waals surface area contributed by atoms with Crippen molar-refractivity contribution < 1.29 is 14.3 Å². The average molecular weight is 314 g/mol. The third-order valence-electron chi connectivity index (χ3n) is 2.41. The molecule has 1 aromatic carbocycles. The van der Waals surface area contributed by atoms with Gasteiger partial charge in [0.2, 0.25) is 0 Å². The summed E-state index contributed by atoms with van der Waals surface area (Å²) in [7, 11) is 1.67. The molecule has 0 spiro atoms. The van der Waals surface area contributed by atoms with Gasteiger partial charge in [-0.3, -0.25) is 9.59 Å². The first-order valence-electron chi connectivity index (χ1n) is 5.72. The van der Waals surface area contributed by atoms with Gasteiger partial charge in [-0.2, -0.15) is 0 Å². The number of esters is 1. The van der Waals surface area contributed by atoms with Crippen molar-refractivity contribution in [3.05, 3.63) is 34.3 Å². The van der Waals surface area contributed by atoms with Gasteiger partial charge in [0.1, 0.15) is 0 Å². The second-order valence-corrected chi connectivity index (χ2v) is 4.62. The van der Waals surface area contributed by atoms with Gasteiger partial charge in [0, 0.05) is 18.1 Å². The molecule has 18 heavy (non-hydrogen) atoms. The molecule has 0 radical (unpaired) electrons. The van der Waals surface area contributed by atoms with E-state index in [0.29, 0.717) is 18.7 Å². The van der Waals surface area contributed by atoms with E-state index in [1.807, 2.05) is 12.1 Å². The molecule has 0 aromatic heterocycles. The number of amides is 1. The van der Waals surface area contributed by atoms with Crippen LogP contribution in [0.25, 0.3) is 0 Å². The number of benzene rings is 1. The van der Waals surface area contributed by atoms with E-state index in [0.717, 1.165) is 4.47 Å². The molecule has 0 fully saturated rings. The van der Waals surface area contributed by atoms with E-state index in [1.165, 1.54) is 4.90 Å². The van der Waals surface area contributed by atoms with Crippen LogP contribution in [-0.2, 0) is 9.53 Å². The third-order valence-corrected chi connectivity index (χ3v) is 3.10. The molecule has 1 rings (SSSR count). The molecule has 1 aromatic rings. The highest BCUT2D eigenvalue weighted by Crippen LogP contribution is 2.17. The minimum Gasteiger partial charge on any atom is -0.466 e. The second-order valence-electron chi connectivity index (χ2n) is 3.76. The first kappa shape index (κ1) is 14.7. The Labute approximate surface area is 115 Å². The Morgan fingerprint density at radius 3 is 2.61 bits per heavy atom. The first-order valence-corrected chi connectivity index (χ1v) is 6.51. The number of halogens is 1. The zero-order chi connectivity index (χ0) is 13.5. The lowest BCUT2D eigenvalue weighted by molar-refractivity contribution is -0.143. The van der Waals surface area contributed by atoms with Crippen molar-refractivity contribution in [2.75, 3.05) is 20.2 Å².